The average Bonchev–Trinajstić information content (AvgIpc) is 2.28. The summed E-state index contributed by atoms with van der Waals surface area (Å²) in [5, 5.41) is 0. The molecule has 0 aliphatic carbocycles. The van der Waals surface area contributed by atoms with Crippen LogP contribution in [-0.2, 0) is 15.0 Å². The van der Waals surface area contributed by atoms with Crippen molar-refractivity contribution in [1.29, 1.82) is 0 Å². The van der Waals surface area contributed by atoms with Crippen molar-refractivity contribution >= 4 is 56.0 Å². The molecule has 0 radical (unpaired) electrons. The SMILES string of the molecule is O=P(O)(O)O.O=S(=O)([O-])[O-].[CH2-]CCCCCCCCCCC.[Ca+2].[Na+]. The first-order valence-corrected chi connectivity index (χ1v) is 10.1. The predicted molar refractivity (Wildman–Crippen MR) is 87.7 cm³/mol. The zero-order valence-electron chi connectivity index (χ0n) is 14.7. The molecule has 0 aliphatic heterocycles. The maximum Gasteiger partial charge on any atom is 2.00 e. The normalized spacial score (nSPS) is 10.1. The smallest absolute Gasteiger partial charge is 0.759 e. The van der Waals surface area contributed by atoms with Crippen LogP contribution in [0.15, 0.2) is 0 Å². The van der Waals surface area contributed by atoms with Crippen molar-refractivity contribution < 1.29 is 66.3 Å². The molecule has 0 rings (SSSR count). The van der Waals surface area contributed by atoms with Crippen molar-refractivity contribution in [3.8, 4) is 0 Å². The van der Waals surface area contributed by atoms with E-state index in [-0.39, 0.29) is 67.3 Å². The fraction of sp³-hybridized carbons (Fsp3) is 0.917. The van der Waals surface area contributed by atoms with Crippen molar-refractivity contribution in [1.82, 2.24) is 0 Å². The van der Waals surface area contributed by atoms with Gasteiger partial charge in [0.05, 0.1) is 0 Å². The maximum absolute atomic E-state index is 8.88. The summed E-state index contributed by atoms with van der Waals surface area (Å²) in [6.45, 7) is 6.12. The third kappa shape index (κ3) is 104. The summed E-state index contributed by atoms with van der Waals surface area (Å²) in [4.78, 5) is 21.6. The number of hydrogen-bond acceptors (Lipinski definition) is 5. The van der Waals surface area contributed by atoms with E-state index in [2.05, 4.69) is 13.8 Å². The Morgan fingerprint density at radius 3 is 1.29 bits per heavy atom. The minimum Gasteiger partial charge on any atom is -0.759 e. The zero-order chi connectivity index (χ0) is 18.1. The summed E-state index contributed by atoms with van der Waals surface area (Å²) in [5.74, 6) is 0. The Labute approximate surface area is 198 Å². The Kier molecular flexibility index (Phi) is 39.0. The van der Waals surface area contributed by atoms with Gasteiger partial charge >= 0.3 is 75.1 Å². The van der Waals surface area contributed by atoms with Crippen LogP contribution < -0.4 is 29.6 Å². The molecule has 0 aromatic carbocycles. The van der Waals surface area contributed by atoms with Gasteiger partial charge in [-0.2, -0.15) is 6.42 Å². The molecule has 0 heterocycles. The third-order valence-corrected chi connectivity index (χ3v) is 2.35. The minimum absolute atomic E-state index is 0. The van der Waals surface area contributed by atoms with E-state index in [1.54, 1.807) is 0 Å². The van der Waals surface area contributed by atoms with Crippen LogP contribution in [0.4, 0.5) is 0 Å². The zero-order valence-corrected chi connectivity index (χ0v) is 20.6. The van der Waals surface area contributed by atoms with Gasteiger partial charge in [-0.15, -0.1) is 0 Å². The molecular formula is C12H28CaNaO8PS. The van der Waals surface area contributed by atoms with Crippen molar-refractivity contribution in [2.75, 3.05) is 0 Å². The van der Waals surface area contributed by atoms with Gasteiger partial charge in [0.2, 0.25) is 0 Å². The Morgan fingerprint density at radius 2 is 1.08 bits per heavy atom. The van der Waals surface area contributed by atoms with Crippen LogP contribution in [-0.4, -0.2) is 69.9 Å². The molecule has 0 bridgehead atoms. The van der Waals surface area contributed by atoms with Gasteiger partial charge in [0.1, 0.15) is 0 Å². The molecule has 24 heavy (non-hydrogen) atoms. The van der Waals surface area contributed by atoms with Crippen LogP contribution >= 0.6 is 7.82 Å². The summed E-state index contributed by atoms with van der Waals surface area (Å²) in [7, 11) is -9.81. The topological polar surface area (TPSA) is 158 Å². The Balaban J connectivity index is -0.0000000847. The molecule has 0 aromatic heterocycles. The molecule has 3 N–H and O–H groups in total. The summed E-state index contributed by atoms with van der Waals surface area (Å²) in [6, 6.07) is 0. The standard InChI is InChI=1S/C12H25.Ca.Na.H3O4P.H2O4S/c1-3-5-7-9-11-12-10-8-6-4-2;;;2*1-5(2,3)4/h1,3-12H2,2H3;;;(H3,1,2,3,4);(H2,1,2,3,4)/q-1;+2;+1;;/p-2. The predicted octanol–water partition coefficient (Wildman–Crippen LogP) is -0.902. The first-order chi connectivity index (χ1) is 9.91. The van der Waals surface area contributed by atoms with E-state index in [4.69, 9.17) is 36.8 Å². The molecule has 0 spiro atoms. The van der Waals surface area contributed by atoms with Crippen LogP contribution in [0, 0.1) is 6.92 Å². The van der Waals surface area contributed by atoms with Gasteiger partial charge in [-0.1, -0.05) is 64.7 Å². The van der Waals surface area contributed by atoms with E-state index in [1.165, 1.54) is 57.8 Å². The van der Waals surface area contributed by atoms with Gasteiger partial charge < -0.3 is 30.7 Å². The molecule has 12 heteroatoms. The van der Waals surface area contributed by atoms with Crippen molar-refractivity contribution in [2.45, 2.75) is 71.1 Å². The van der Waals surface area contributed by atoms with Gasteiger partial charge in [0.15, 0.2) is 0 Å². The second-order valence-electron chi connectivity index (χ2n) is 4.60. The summed E-state index contributed by atoms with van der Waals surface area (Å²) >= 11 is 0. The van der Waals surface area contributed by atoms with E-state index in [9.17, 15) is 0 Å². The molecule has 8 nitrogen and oxygen atoms in total. The summed E-state index contributed by atoms with van der Waals surface area (Å²) < 4.78 is 43.0. The molecule has 0 unspecified atom stereocenters. The van der Waals surface area contributed by atoms with Crippen LogP contribution in [0.2, 0.25) is 0 Å². The molecule has 0 fully saturated rings. The summed E-state index contributed by atoms with van der Waals surface area (Å²) in [5.41, 5.74) is 0. The molecule has 0 saturated carbocycles. The van der Waals surface area contributed by atoms with E-state index in [1.807, 2.05) is 0 Å². The Morgan fingerprint density at radius 1 is 0.875 bits per heavy atom. The third-order valence-electron chi connectivity index (χ3n) is 2.35. The molecule has 0 saturated heterocycles. The number of phosphoric acid groups is 1. The second-order valence-corrected chi connectivity index (χ2v) is 6.45. The van der Waals surface area contributed by atoms with Gasteiger partial charge in [-0.05, 0) is 0 Å². The van der Waals surface area contributed by atoms with Crippen LogP contribution in [0.25, 0.3) is 0 Å². The number of hydrogen-bond donors (Lipinski definition) is 3. The first-order valence-electron chi connectivity index (χ1n) is 7.16. The Hall–Kier alpha value is 2.24. The van der Waals surface area contributed by atoms with E-state index < -0.39 is 18.2 Å². The van der Waals surface area contributed by atoms with Gasteiger partial charge in [0, 0.05) is 10.4 Å². The van der Waals surface area contributed by atoms with Gasteiger partial charge in [-0.25, -0.2) is 4.57 Å². The quantitative estimate of drug-likeness (QED) is 0.107. The van der Waals surface area contributed by atoms with E-state index in [0.717, 1.165) is 6.42 Å². The molecule has 0 atom stereocenters. The van der Waals surface area contributed by atoms with Crippen LogP contribution in [0.1, 0.15) is 71.1 Å². The number of rotatable bonds is 9. The molecule has 0 aliphatic rings. The first kappa shape index (κ1) is 37.1. The Bertz CT molecular complexity index is 338. The average molecular weight is 426 g/mol. The number of unbranched alkanes of at least 4 members (excludes halogenated alkanes) is 9. The van der Waals surface area contributed by atoms with E-state index >= 15 is 0 Å². The molecule has 138 valence electrons. The van der Waals surface area contributed by atoms with Gasteiger partial charge in [-0.3, -0.25) is 8.42 Å². The van der Waals surface area contributed by atoms with Crippen molar-refractivity contribution in [3.05, 3.63) is 6.92 Å². The molecular weight excluding hydrogens is 398 g/mol. The van der Waals surface area contributed by atoms with Crippen molar-refractivity contribution in [3.63, 3.8) is 0 Å². The maximum atomic E-state index is 8.88. The summed E-state index contributed by atoms with van der Waals surface area (Å²) in [6.07, 6.45) is 13.9. The van der Waals surface area contributed by atoms with Crippen molar-refractivity contribution in [2.24, 2.45) is 0 Å². The van der Waals surface area contributed by atoms with E-state index in [0.29, 0.717) is 0 Å². The fourth-order valence-electron chi connectivity index (χ4n) is 1.49. The van der Waals surface area contributed by atoms with Crippen LogP contribution in [0.5, 0.6) is 0 Å². The molecule has 0 amide bonds. The fourth-order valence-corrected chi connectivity index (χ4v) is 1.49. The minimum atomic E-state index is -5.17. The monoisotopic (exact) mass is 426 g/mol. The molecule has 0 aromatic rings. The largest absolute Gasteiger partial charge is 2.00 e. The van der Waals surface area contributed by atoms with Gasteiger partial charge in [0.25, 0.3) is 0 Å². The van der Waals surface area contributed by atoms with Crippen LogP contribution in [0.3, 0.4) is 0 Å². The second kappa shape index (κ2) is 25.2.